The maximum atomic E-state index is 14.3. The molecule has 0 unspecified atom stereocenters. The summed E-state index contributed by atoms with van der Waals surface area (Å²) in [6.45, 7) is -0.328. The van der Waals surface area contributed by atoms with Gasteiger partial charge in [-0.15, -0.1) is 0 Å². The third kappa shape index (κ3) is 5.08. The zero-order chi connectivity index (χ0) is 21.0. The molecule has 3 aromatic rings. The molecule has 154 valence electrons. The van der Waals surface area contributed by atoms with E-state index in [0.29, 0.717) is 5.69 Å². The quantitative estimate of drug-likeness (QED) is 0.405. The Labute approximate surface area is 168 Å². The minimum atomic E-state index is -1.54. The summed E-state index contributed by atoms with van der Waals surface area (Å²) in [5, 5.41) is 27.7. The van der Waals surface area contributed by atoms with Crippen LogP contribution in [0.4, 0.5) is 26.2 Å². The van der Waals surface area contributed by atoms with E-state index in [1.165, 1.54) is 36.4 Å². The Kier molecular flexibility index (Phi) is 6.42. The van der Waals surface area contributed by atoms with Gasteiger partial charge in [0.25, 0.3) is 0 Å². The van der Waals surface area contributed by atoms with Crippen LogP contribution in [0.3, 0.4) is 0 Å². The topological polar surface area (TPSA) is 117 Å². The van der Waals surface area contributed by atoms with Crippen molar-refractivity contribution in [1.82, 2.24) is 19.7 Å². The minimum absolute atomic E-state index is 0.0793. The number of rotatable bonds is 8. The van der Waals surface area contributed by atoms with Gasteiger partial charge in [0.15, 0.2) is 23.7 Å². The van der Waals surface area contributed by atoms with Crippen LogP contribution in [0.5, 0.6) is 5.75 Å². The number of aliphatic hydroxyl groups excluding tert-OH is 1. The lowest BCUT2D eigenvalue weighted by Gasteiger charge is -2.12. The van der Waals surface area contributed by atoms with Crippen LogP contribution >= 0.6 is 11.6 Å². The lowest BCUT2D eigenvalue weighted by molar-refractivity contribution is -0.0534. The number of hydrogen-bond acceptors (Lipinski definition) is 8. The highest BCUT2D eigenvalue weighted by Gasteiger charge is 2.15. The van der Waals surface area contributed by atoms with Gasteiger partial charge < -0.3 is 25.6 Å². The van der Waals surface area contributed by atoms with Crippen LogP contribution in [0.25, 0.3) is 0 Å². The van der Waals surface area contributed by atoms with Gasteiger partial charge in [-0.2, -0.15) is 10.1 Å². The summed E-state index contributed by atoms with van der Waals surface area (Å²) in [5.74, 6) is -1.33. The highest BCUT2D eigenvalue weighted by Crippen LogP contribution is 2.26. The molecular formula is C17H17ClF2N6O3. The zero-order valence-electron chi connectivity index (χ0n) is 15.1. The van der Waals surface area contributed by atoms with Crippen molar-refractivity contribution in [2.24, 2.45) is 0 Å². The lowest BCUT2D eigenvalue weighted by Crippen LogP contribution is -2.14. The molecular weight excluding hydrogens is 410 g/mol. The number of nitrogens with one attached hydrogen (secondary N) is 2. The Bertz CT molecular complexity index is 1000. The van der Waals surface area contributed by atoms with Gasteiger partial charge in [-0.05, 0) is 12.1 Å². The first-order valence-corrected chi connectivity index (χ1v) is 8.68. The second-order valence-corrected chi connectivity index (χ2v) is 6.25. The van der Waals surface area contributed by atoms with Crippen molar-refractivity contribution in [3.8, 4) is 5.75 Å². The molecule has 0 spiro atoms. The van der Waals surface area contributed by atoms with Crippen molar-refractivity contribution in [2.45, 2.75) is 19.4 Å². The Balaban J connectivity index is 1.74. The number of ether oxygens (including phenoxy) is 1. The normalized spacial score (nSPS) is 11.0. The van der Waals surface area contributed by atoms with Crippen LogP contribution in [0.2, 0.25) is 5.02 Å². The summed E-state index contributed by atoms with van der Waals surface area (Å²) in [4.78, 5) is 8.20. The van der Waals surface area contributed by atoms with Gasteiger partial charge in [0.05, 0.1) is 31.7 Å². The second-order valence-electron chi connectivity index (χ2n) is 5.84. The van der Waals surface area contributed by atoms with Crippen molar-refractivity contribution in [3.05, 3.63) is 52.9 Å². The maximum absolute atomic E-state index is 14.3. The Morgan fingerprint density at radius 2 is 2.07 bits per heavy atom. The number of halogens is 3. The average Bonchev–Trinajstić information content (AvgIpc) is 3.10. The third-order valence-corrected chi connectivity index (χ3v) is 4.06. The number of methoxy groups -OCH3 is 1. The molecule has 0 radical (unpaired) electrons. The number of hydrogen-bond donors (Lipinski definition) is 4. The fraction of sp³-hybridized carbons (Fsp3) is 0.235. The molecule has 0 saturated heterocycles. The van der Waals surface area contributed by atoms with Crippen LogP contribution in [0, 0.1) is 11.6 Å². The monoisotopic (exact) mass is 426 g/mol. The van der Waals surface area contributed by atoms with Crippen LogP contribution in [-0.2, 0) is 13.1 Å². The van der Waals surface area contributed by atoms with E-state index in [0.717, 1.165) is 6.07 Å². The molecule has 0 aliphatic heterocycles. The second kappa shape index (κ2) is 8.99. The van der Waals surface area contributed by atoms with E-state index in [4.69, 9.17) is 26.6 Å². The molecule has 0 saturated carbocycles. The average molecular weight is 427 g/mol. The van der Waals surface area contributed by atoms with Crippen molar-refractivity contribution >= 4 is 29.1 Å². The molecule has 2 aromatic heterocycles. The van der Waals surface area contributed by atoms with Crippen LogP contribution < -0.4 is 15.4 Å². The van der Waals surface area contributed by atoms with Gasteiger partial charge in [0.2, 0.25) is 5.95 Å². The summed E-state index contributed by atoms with van der Waals surface area (Å²) in [6, 6.07) is 2.30. The van der Waals surface area contributed by atoms with Gasteiger partial charge in [0.1, 0.15) is 10.8 Å². The van der Waals surface area contributed by atoms with Crippen molar-refractivity contribution in [2.75, 3.05) is 17.7 Å². The SMILES string of the molecule is COc1ccc(F)c(CNc2nc(Nc3cnn(CC(O)O)c3)ncc2Cl)c1F. The number of benzene rings is 1. The molecule has 12 heteroatoms. The van der Waals surface area contributed by atoms with E-state index < -0.39 is 17.9 Å². The van der Waals surface area contributed by atoms with Crippen molar-refractivity contribution < 1.29 is 23.7 Å². The standard InChI is InChI=1S/C17H17ClF2N6O3/c1-29-13-3-2-12(19)10(15(13)20)5-21-16-11(18)6-22-17(25-16)24-9-4-23-26(7-9)8-14(27)28/h2-4,6-7,14,27-28H,5,8H2,1H3,(H2,21,22,24,25). The zero-order valence-corrected chi connectivity index (χ0v) is 15.9. The molecule has 9 nitrogen and oxygen atoms in total. The molecule has 4 N–H and O–H groups in total. The maximum Gasteiger partial charge on any atom is 0.229 e. The summed E-state index contributed by atoms with van der Waals surface area (Å²) in [6.07, 6.45) is 2.74. The first kappa shape index (κ1) is 20.7. The molecule has 0 bridgehead atoms. The molecule has 29 heavy (non-hydrogen) atoms. The smallest absolute Gasteiger partial charge is 0.229 e. The highest BCUT2D eigenvalue weighted by atomic mass is 35.5. The van der Waals surface area contributed by atoms with Gasteiger partial charge in [0, 0.05) is 18.3 Å². The molecule has 0 amide bonds. The largest absolute Gasteiger partial charge is 0.494 e. The summed E-state index contributed by atoms with van der Waals surface area (Å²) >= 11 is 6.07. The first-order valence-electron chi connectivity index (χ1n) is 8.30. The minimum Gasteiger partial charge on any atom is -0.494 e. The van der Waals surface area contributed by atoms with Gasteiger partial charge in [-0.1, -0.05) is 11.6 Å². The predicted molar refractivity (Wildman–Crippen MR) is 101 cm³/mol. The van der Waals surface area contributed by atoms with Crippen LogP contribution in [-0.4, -0.2) is 43.4 Å². The number of aromatic nitrogens is 4. The molecule has 0 aliphatic rings. The van der Waals surface area contributed by atoms with Crippen molar-refractivity contribution in [1.29, 1.82) is 0 Å². The number of anilines is 3. The molecule has 0 fully saturated rings. The van der Waals surface area contributed by atoms with E-state index >= 15 is 0 Å². The summed E-state index contributed by atoms with van der Waals surface area (Å²) < 4.78 is 34.4. The predicted octanol–water partition coefficient (Wildman–Crippen LogP) is 2.28. The van der Waals surface area contributed by atoms with E-state index in [1.54, 1.807) is 0 Å². The van der Waals surface area contributed by atoms with E-state index in [2.05, 4.69) is 25.7 Å². The fourth-order valence-corrected chi connectivity index (χ4v) is 2.60. The molecule has 0 atom stereocenters. The number of aliphatic hydroxyl groups is 2. The third-order valence-electron chi connectivity index (χ3n) is 3.79. The van der Waals surface area contributed by atoms with Crippen molar-refractivity contribution in [3.63, 3.8) is 0 Å². The molecule has 0 aliphatic carbocycles. The molecule has 2 heterocycles. The van der Waals surface area contributed by atoms with Crippen LogP contribution in [0.15, 0.2) is 30.7 Å². The van der Waals surface area contributed by atoms with E-state index in [1.807, 2.05) is 0 Å². The molecule has 1 aromatic carbocycles. The summed E-state index contributed by atoms with van der Waals surface area (Å²) in [7, 11) is 1.29. The Hall–Kier alpha value is -3.02. The first-order chi connectivity index (χ1) is 13.9. The van der Waals surface area contributed by atoms with E-state index in [9.17, 15) is 8.78 Å². The van der Waals surface area contributed by atoms with E-state index in [-0.39, 0.29) is 41.2 Å². The van der Waals surface area contributed by atoms with Crippen LogP contribution in [0.1, 0.15) is 5.56 Å². The van der Waals surface area contributed by atoms with Gasteiger partial charge in [-0.3, -0.25) is 4.68 Å². The van der Waals surface area contributed by atoms with Gasteiger partial charge >= 0.3 is 0 Å². The highest BCUT2D eigenvalue weighted by molar-refractivity contribution is 6.32. The molecule has 3 rings (SSSR count). The fourth-order valence-electron chi connectivity index (χ4n) is 2.44. The Morgan fingerprint density at radius 3 is 2.79 bits per heavy atom. The summed E-state index contributed by atoms with van der Waals surface area (Å²) in [5.41, 5.74) is 0.265. The Morgan fingerprint density at radius 1 is 1.28 bits per heavy atom. The number of nitrogens with zero attached hydrogens (tertiary/aromatic N) is 4. The lowest BCUT2D eigenvalue weighted by atomic mass is 10.2. The van der Waals surface area contributed by atoms with Gasteiger partial charge in [-0.25, -0.2) is 13.8 Å².